The SMILES string of the molecule is COc1ccc(NC(=O)[C@H](C)Oc2ccc(C)cc2C)cc1OC. The minimum atomic E-state index is -0.625. The molecule has 0 aliphatic rings. The van der Waals surface area contributed by atoms with Crippen LogP contribution >= 0.6 is 0 Å². The van der Waals surface area contributed by atoms with E-state index in [4.69, 9.17) is 14.2 Å². The van der Waals surface area contributed by atoms with Gasteiger partial charge in [0.15, 0.2) is 17.6 Å². The molecule has 128 valence electrons. The maximum Gasteiger partial charge on any atom is 0.265 e. The van der Waals surface area contributed by atoms with Crippen molar-refractivity contribution in [2.45, 2.75) is 26.9 Å². The van der Waals surface area contributed by atoms with Crippen LogP contribution in [0.1, 0.15) is 18.1 Å². The highest BCUT2D eigenvalue weighted by Crippen LogP contribution is 2.30. The average Bonchev–Trinajstić information content (AvgIpc) is 2.57. The Morgan fingerprint density at radius 3 is 2.25 bits per heavy atom. The quantitative estimate of drug-likeness (QED) is 0.877. The van der Waals surface area contributed by atoms with E-state index in [-0.39, 0.29) is 5.91 Å². The van der Waals surface area contributed by atoms with E-state index < -0.39 is 6.10 Å². The van der Waals surface area contributed by atoms with E-state index in [2.05, 4.69) is 5.32 Å². The summed E-state index contributed by atoms with van der Waals surface area (Å²) in [5.41, 5.74) is 2.77. The number of amides is 1. The van der Waals surface area contributed by atoms with Crippen LogP contribution in [0, 0.1) is 13.8 Å². The molecule has 24 heavy (non-hydrogen) atoms. The molecule has 5 nitrogen and oxygen atoms in total. The van der Waals surface area contributed by atoms with Crippen molar-refractivity contribution in [3.05, 3.63) is 47.5 Å². The van der Waals surface area contributed by atoms with Gasteiger partial charge < -0.3 is 19.5 Å². The van der Waals surface area contributed by atoms with Crippen LogP contribution in [0.2, 0.25) is 0 Å². The Labute approximate surface area is 142 Å². The van der Waals surface area contributed by atoms with Crippen molar-refractivity contribution < 1.29 is 19.0 Å². The number of ether oxygens (including phenoxy) is 3. The summed E-state index contributed by atoms with van der Waals surface area (Å²) in [6.45, 7) is 5.70. The Bertz CT molecular complexity index is 727. The number of methoxy groups -OCH3 is 2. The van der Waals surface area contributed by atoms with Crippen molar-refractivity contribution in [1.82, 2.24) is 0 Å². The third-order valence-electron chi connectivity index (χ3n) is 3.65. The zero-order valence-electron chi connectivity index (χ0n) is 14.7. The van der Waals surface area contributed by atoms with Crippen molar-refractivity contribution in [2.24, 2.45) is 0 Å². The van der Waals surface area contributed by atoms with Crippen molar-refractivity contribution in [2.75, 3.05) is 19.5 Å². The lowest BCUT2D eigenvalue weighted by molar-refractivity contribution is -0.122. The third kappa shape index (κ3) is 4.19. The maximum atomic E-state index is 12.3. The van der Waals surface area contributed by atoms with Crippen LogP contribution in [0.5, 0.6) is 17.2 Å². The van der Waals surface area contributed by atoms with Gasteiger partial charge in [-0.05, 0) is 44.5 Å². The lowest BCUT2D eigenvalue weighted by Crippen LogP contribution is -2.30. The lowest BCUT2D eigenvalue weighted by Gasteiger charge is -2.17. The van der Waals surface area contributed by atoms with E-state index >= 15 is 0 Å². The molecule has 2 rings (SSSR count). The molecule has 0 aliphatic heterocycles. The zero-order valence-corrected chi connectivity index (χ0v) is 14.7. The number of nitrogens with one attached hydrogen (secondary N) is 1. The van der Waals surface area contributed by atoms with Gasteiger partial charge in [-0.25, -0.2) is 0 Å². The normalized spacial score (nSPS) is 11.5. The summed E-state index contributed by atoms with van der Waals surface area (Å²) in [6, 6.07) is 11.1. The molecule has 0 bridgehead atoms. The number of anilines is 1. The van der Waals surface area contributed by atoms with Crippen LogP contribution in [0.15, 0.2) is 36.4 Å². The van der Waals surface area contributed by atoms with Crippen LogP contribution in [-0.4, -0.2) is 26.2 Å². The molecule has 1 amide bonds. The largest absolute Gasteiger partial charge is 0.493 e. The highest BCUT2D eigenvalue weighted by molar-refractivity contribution is 5.94. The van der Waals surface area contributed by atoms with Crippen molar-refractivity contribution >= 4 is 11.6 Å². The molecule has 0 saturated carbocycles. The predicted octanol–water partition coefficient (Wildman–Crippen LogP) is 3.73. The number of hydrogen-bond donors (Lipinski definition) is 1. The Balaban J connectivity index is 2.06. The van der Waals surface area contributed by atoms with Gasteiger partial charge >= 0.3 is 0 Å². The van der Waals surface area contributed by atoms with Crippen molar-refractivity contribution in [1.29, 1.82) is 0 Å². The van der Waals surface area contributed by atoms with E-state index in [1.165, 1.54) is 0 Å². The van der Waals surface area contributed by atoms with Crippen LogP contribution < -0.4 is 19.5 Å². The van der Waals surface area contributed by atoms with E-state index in [0.717, 1.165) is 11.1 Å². The molecule has 0 radical (unpaired) electrons. The molecule has 0 aliphatic carbocycles. The first-order chi connectivity index (χ1) is 11.4. The molecule has 5 heteroatoms. The molecule has 0 spiro atoms. The maximum absolute atomic E-state index is 12.3. The van der Waals surface area contributed by atoms with E-state index in [1.807, 2.05) is 32.0 Å². The van der Waals surface area contributed by atoms with Gasteiger partial charge in [-0.3, -0.25) is 4.79 Å². The molecule has 2 aromatic carbocycles. The first kappa shape index (κ1) is 17.7. The molecule has 0 heterocycles. The van der Waals surface area contributed by atoms with Gasteiger partial charge in [0, 0.05) is 11.8 Å². The smallest absolute Gasteiger partial charge is 0.265 e. The molecular formula is C19H23NO4. The van der Waals surface area contributed by atoms with Gasteiger partial charge in [0.2, 0.25) is 0 Å². The number of carbonyl (C=O) groups is 1. The molecule has 1 atom stereocenters. The number of carbonyl (C=O) groups excluding carboxylic acids is 1. The van der Waals surface area contributed by atoms with Crippen LogP contribution in [-0.2, 0) is 4.79 Å². The number of benzene rings is 2. The lowest BCUT2D eigenvalue weighted by atomic mass is 10.1. The van der Waals surface area contributed by atoms with Gasteiger partial charge in [-0.2, -0.15) is 0 Å². The summed E-state index contributed by atoms with van der Waals surface area (Å²) in [4.78, 5) is 12.3. The minimum absolute atomic E-state index is 0.234. The Hall–Kier alpha value is -2.69. The summed E-state index contributed by atoms with van der Waals surface area (Å²) in [7, 11) is 3.12. The highest BCUT2D eigenvalue weighted by Gasteiger charge is 2.16. The molecule has 2 aromatic rings. The third-order valence-corrected chi connectivity index (χ3v) is 3.65. The predicted molar refractivity (Wildman–Crippen MR) is 94.2 cm³/mol. The Morgan fingerprint density at radius 2 is 1.62 bits per heavy atom. The summed E-state index contributed by atoms with van der Waals surface area (Å²) in [5.74, 6) is 1.63. The fourth-order valence-corrected chi connectivity index (χ4v) is 2.33. The van der Waals surface area contributed by atoms with E-state index in [9.17, 15) is 4.79 Å². The van der Waals surface area contributed by atoms with Gasteiger partial charge in [0.1, 0.15) is 5.75 Å². The number of aryl methyl sites for hydroxylation is 2. The molecule has 0 unspecified atom stereocenters. The molecule has 0 fully saturated rings. The average molecular weight is 329 g/mol. The summed E-state index contributed by atoms with van der Waals surface area (Å²) < 4.78 is 16.2. The minimum Gasteiger partial charge on any atom is -0.493 e. The zero-order chi connectivity index (χ0) is 17.7. The van der Waals surface area contributed by atoms with Crippen molar-refractivity contribution in [3.8, 4) is 17.2 Å². The Morgan fingerprint density at radius 1 is 0.958 bits per heavy atom. The van der Waals surface area contributed by atoms with Crippen LogP contribution in [0.3, 0.4) is 0 Å². The van der Waals surface area contributed by atoms with Crippen LogP contribution in [0.4, 0.5) is 5.69 Å². The van der Waals surface area contributed by atoms with Crippen molar-refractivity contribution in [3.63, 3.8) is 0 Å². The number of rotatable bonds is 6. The summed E-state index contributed by atoms with van der Waals surface area (Å²) in [5, 5.41) is 2.82. The molecular weight excluding hydrogens is 306 g/mol. The fraction of sp³-hybridized carbons (Fsp3) is 0.316. The standard InChI is InChI=1S/C19H23NO4/c1-12-6-8-16(13(2)10-12)24-14(3)19(21)20-15-7-9-17(22-4)18(11-15)23-5/h6-11,14H,1-5H3,(H,20,21)/t14-/m0/s1. The van der Waals surface area contributed by atoms with E-state index in [1.54, 1.807) is 39.3 Å². The second kappa shape index (κ2) is 7.73. The first-order valence-corrected chi connectivity index (χ1v) is 7.71. The summed E-state index contributed by atoms with van der Waals surface area (Å²) >= 11 is 0. The van der Waals surface area contributed by atoms with E-state index in [0.29, 0.717) is 22.9 Å². The summed E-state index contributed by atoms with van der Waals surface area (Å²) in [6.07, 6.45) is -0.625. The van der Waals surface area contributed by atoms with Gasteiger partial charge in [0.25, 0.3) is 5.91 Å². The topological polar surface area (TPSA) is 56.8 Å². The van der Waals surface area contributed by atoms with Gasteiger partial charge in [-0.1, -0.05) is 17.7 Å². The Kier molecular flexibility index (Phi) is 5.68. The fourth-order valence-electron chi connectivity index (χ4n) is 2.33. The second-order valence-electron chi connectivity index (χ2n) is 5.59. The first-order valence-electron chi connectivity index (χ1n) is 7.71. The van der Waals surface area contributed by atoms with Gasteiger partial charge in [-0.15, -0.1) is 0 Å². The molecule has 0 saturated heterocycles. The number of hydrogen-bond acceptors (Lipinski definition) is 4. The second-order valence-corrected chi connectivity index (χ2v) is 5.59. The van der Waals surface area contributed by atoms with Crippen LogP contribution in [0.25, 0.3) is 0 Å². The monoisotopic (exact) mass is 329 g/mol. The molecule has 1 N–H and O–H groups in total. The highest BCUT2D eigenvalue weighted by atomic mass is 16.5. The van der Waals surface area contributed by atoms with Gasteiger partial charge in [0.05, 0.1) is 14.2 Å². The molecule has 0 aromatic heterocycles.